The predicted octanol–water partition coefficient (Wildman–Crippen LogP) is 2.63. The van der Waals surface area contributed by atoms with E-state index in [1.807, 2.05) is 12.1 Å². The monoisotopic (exact) mass is 446 g/mol. The number of hydrogen-bond acceptors (Lipinski definition) is 3. The highest BCUT2D eigenvalue weighted by Crippen LogP contribution is 2.16. The van der Waals surface area contributed by atoms with Gasteiger partial charge in [0.25, 0.3) is 0 Å². The minimum atomic E-state index is 0. The van der Waals surface area contributed by atoms with E-state index in [0.29, 0.717) is 12.0 Å². The van der Waals surface area contributed by atoms with Crippen LogP contribution in [0.25, 0.3) is 0 Å². The number of aliphatic imine (C=N–C) groups is 1. The van der Waals surface area contributed by atoms with Gasteiger partial charge in [-0.25, -0.2) is 0 Å². The van der Waals surface area contributed by atoms with Crippen molar-refractivity contribution in [2.24, 2.45) is 10.7 Å². The molecule has 0 radical (unpaired) electrons. The first-order valence-corrected chi connectivity index (χ1v) is 8.63. The summed E-state index contributed by atoms with van der Waals surface area (Å²) in [5.41, 5.74) is 7.27. The van der Waals surface area contributed by atoms with E-state index in [9.17, 15) is 0 Å². The fourth-order valence-electron chi connectivity index (χ4n) is 3.08. The van der Waals surface area contributed by atoms with Gasteiger partial charge in [-0.15, -0.1) is 24.0 Å². The molecule has 5 nitrogen and oxygen atoms in total. The Morgan fingerprint density at radius 1 is 1.38 bits per heavy atom. The first kappa shape index (κ1) is 21.0. The second kappa shape index (κ2) is 11.5. The lowest BCUT2D eigenvalue weighted by molar-refractivity contribution is 0.273. The number of nitrogens with two attached hydrogens (primary N) is 1. The van der Waals surface area contributed by atoms with Crippen LogP contribution in [0.4, 0.5) is 0 Å². The molecule has 1 aliphatic heterocycles. The Morgan fingerprint density at radius 2 is 2.12 bits per heavy atom. The Morgan fingerprint density at radius 3 is 2.79 bits per heavy atom. The fourth-order valence-corrected chi connectivity index (χ4v) is 3.08. The van der Waals surface area contributed by atoms with Gasteiger partial charge in [0.2, 0.25) is 0 Å². The van der Waals surface area contributed by atoms with Crippen molar-refractivity contribution in [3.05, 3.63) is 29.8 Å². The van der Waals surface area contributed by atoms with Crippen molar-refractivity contribution in [3.63, 3.8) is 0 Å². The SMILES string of the molecule is CCN1CCCC1CN=C(N)NCCCc1ccc(OC)cc1.I. The van der Waals surface area contributed by atoms with Crippen LogP contribution in [0.5, 0.6) is 5.75 Å². The van der Waals surface area contributed by atoms with E-state index < -0.39 is 0 Å². The maximum Gasteiger partial charge on any atom is 0.188 e. The molecule has 1 aromatic rings. The standard InChI is InChI=1S/C18H30N4O.HI/c1-3-22-13-5-7-16(22)14-21-18(19)20-12-4-6-15-8-10-17(23-2)11-9-15;/h8-11,16H,3-7,12-14H2,1-2H3,(H3,19,20,21);1H. The molecule has 1 fully saturated rings. The van der Waals surface area contributed by atoms with Gasteiger partial charge in [-0.3, -0.25) is 9.89 Å². The third-order valence-electron chi connectivity index (χ3n) is 4.49. The van der Waals surface area contributed by atoms with E-state index in [1.165, 1.54) is 24.9 Å². The van der Waals surface area contributed by atoms with Crippen molar-refractivity contribution in [1.29, 1.82) is 0 Å². The first-order valence-electron chi connectivity index (χ1n) is 8.63. The molecule has 2 rings (SSSR count). The quantitative estimate of drug-likeness (QED) is 0.279. The van der Waals surface area contributed by atoms with Crippen LogP contribution in [0.1, 0.15) is 31.7 Å². The first-order chi connectivity index (χ1) is 11.2. The van der Waals surface area contributed by atoms with E-state index in [-0.39, 0.29) is 24.0 Å². The molecule has 3 N–H and O–H groups in total. The summed E-state index contributed by atoms with van der Waals surface area (Å²) in [5, 5.41) is 3.22. The van der Waals surface area contributed by atoms with E-state index in [1.54, 1.807) is 7.11 Å². The highest BCUT2D eigenvalue weighted by atomic mass is 127. The number of methoxy groups -OCH3 is 1. The number of halogens is 1. The van der Waals surface area contributed by atoms with E-state index in [4.69, 9.17) is 10.5 Å². The average molecular weight is 446 g/mol. The third kappa shape index (κ3) is 6.84. The minimum Gasteiger partial charge on any atom is -0.497 e. The zero-order valence-corrected chi connectivity index (χ0v) is 17.2. The number of nitrogens with one attached hydrogen (secondary N) is 1. The van der Waals surface area contributed by atoms with Gasteiger partial charge in [-0.2, -0.15) is 0 Å². The predicted molar refractivity (Wildman–Crippen MR) is 111 cm³/mol. The molecule has 0 aliphatic carbocycles. The largest absolute Gasteiger partial charge is 0.497 e. The minimum absolute atomic E-state index is 0. The zero-order valence-electron chi connectivity index (χ0n) is 14.8. The maximum atomic E-state index is 5.96. The molecule has 0 saturated carbocycles. The molecule has 0 spiro atoms. The van der Waals surface area contributed by atoms with Crippen LogP contribution < -0.4 is 15.8 Å². The van der Waals surface area contributed by atoms with E-state index in [2.05, 4.69) is 34.3 Å². The third-order valence-corrected chi connectivity index (χ3v) is 4.49. The van der Waals surface area contributed by atoms with Crippen LogP contribution in [0, 0.1) is 0 Å². The highest BCUT2D eigenvalue weighted by molar-refractivity contribution is 14.0. The second-order valence-corrected chi connectivity index (χ2v) is 6.03. The summed E-state index contributed by atoms with van der Waals surface area (Å²) in [7, 11) is 1.69. The Labute approximate surface area is 163 Å². The van der Waals surface area contributed by atoms with E-state index >= 15 is 0 Å². The molecule has 1 atom stereocenters. The number of likely N-dealkylation sites (N-methyl/N-ethyl adjacent to an activating group) is 1. The molecular formula is C18H31IN4O. The summed E-state index contributed by atoms with van der Waals surface area (Å²) in [6.45, 7) is 6.18. The van der Waals surface area contributed by atoms with Crippen LogP contribution in [0.3, 0.4) is 0 Å². The summed E-state index contributed by atoms with van der Waals surface area (Å²) < 4.78 is 5.16. The molecule has 1 aliphatic rings. The van der Waals surface area contributed by atoms with Gasteiger partial charge in [0.15, 0.2) is 5.96 Å². The summed E-state index contributed by atoms with van der Waals surface area (Å²) in [5.74, 6) is 1.47. The zero-order chi connectivity index (χ0) is 16.5. The van der Waals surface area contributed by atoms with Crippen LogP contribution in [-0.4, -0.2) is 50.2 Å². The van der Waals surface area contributed by atoms with Crippen molar-refractivity contribution in [3.8, 4) is 5.75 Å². The lowest BCUT2D eigenvalue weighted by atomic mass is 10.1. The Hall–Kier alpha value is -1.02. The summed E-state index contributed by atoms with van der Waals surface area (Å²) in [4.78, 5) is 6.98. The molecule has 0 aromatic heterocycles. The molecule has 0 bridgehead atoms. The Kier molecular flexibility index (Phi) is 10.1. The van der Waals surface area contributed by atoms with Crippen LogP contribution in [0.15, 0.2) is 29.3 Å². The molecule has 0 amide bonds. The molecule has 1 heterocycles. The normalized spacial score (nSPS) is 18.2. The number of benzene rings is 1. The Balaban J connectivity index is 0.00000288. The summed E-state index contributed by atoms with van der Waals surface area (Å²) >= 11 is 0. The van der Waals surface area contributed by atoms with Crippen molar-refractivity contribution in [2.45, 2.75) is 38.6 Å². The number of hydrogen-bond donors (Lipinski definition) is 2. The van der Waals surface area contributed by atoms with Gasteiger partial charge < -0.3 is 15.8 Å². The maximum absolute atomic E-state index is 5.96. The van der Waals surface area contributed by atoms with Crippen molar-refractivity contribution >= 4 is 29.9 Å². The van der Waals surface area contributed by atoms with Gasteiger partial charge in [0.05, 0.1) is 13.7 Å². The van der Waals surface area contributed by atoms with Gasteiger partial charge in [-0.05, 0) is 56.5 Å². The lowest BCUT2D eigenvalue weighted by Gasteiger charge is -2.20. The van der Waals surface area contributed by atoms with Gasteiger partial charge in [-0.1, -0.05) is 19.1 Å². The van der Waals surface area contributed by atoms with Gasteiger partial charge in [0, 0.05) is 12.6 Å². The van der Waals surface area contributed by atoms with Crippen molar-refractivity contribution in [2.75, 3.05) is 33.3 Å². The molecule has 24 heavy (non-hydrogen) atoms. The summed E-state index contributed by atoms with van der Waals surface area (Å²) in [6.07, 6.45) is 4.58. The highest BCUT2D eigenvalue weighted by Gasteiger charge is 2.22. The number of ether oxygens (including phenoxy) is 1. The van der Waals surface area contributed by atoms with Crippen LogP contribution >= 0.6 is 24.0 Å². The fraction of sp³-hybridized carbons (Fsp3) is 0.611. The number of nitrogens with zero attached hydrogens (tertiary/aromatic N) is 2. The van der Waals surface area contributed by atoms with E-state index in [0.717, 1.165) is 38.2 Å². The number of likely N-dealkylation sites (tertiary alicyclic amines) is 1. The molecule has 1 unspecified atom stereocenters. The lowest BCUT2D eigenvalue weighted by Crippen LogP contribution is -2.36. The molecule has 136 valence electrons. The molecule has 1 aromatic carbocycles. The average Bonchev–Trinajstić information content (AvgIpc) is 3.05. The van der Waals surface area contributed by atoms with Crippen LogP contribution in [0.2, 0.25) is 0 Å². The van der Waals surface area contributed by atoms with Gasteiger partial charge >= 0.3 is 0 Å². The molecule has 6 heteroatoms. The van der Waals surface area contributed by atoms with Crippen molar-refractivity contribution < 1.29 is 4.74 Å². The topological polar surface area (TPSA) is 62.9 Å². The molecule has 1 saturated heterocycles. The number of guanidine groups is 1. The smallest absolute Gasteiger partial charge is 0.188 e. The van der Waals surface area contributed by atoms with Gasteiger partial charge in [0.1, 0.15) is 5.75 Å². The number of rotatable bonds is 8. The van der Waals surface area contributed by atoms with Crippen molar-refractivity contribution in [1.82, 2.24) is 10.2 Å². The molecular weight excluding hydrogens is 415 g/mol. The Bertz CT molecular complexity index is 492. The second-order valence-electron chi connectivity index (χ2n) is 6.03. The number of aryl methyl sites for hydroxylation is 1. The van der Waals surface area contributed by atoms with Crippen LogP contribution in [-0.2, 0) is 6.42 Å². The summed E-state index contributed by atoms with van der Waals surface area (Å²) in [6, 6.07) is 8.78.